The zero-order chi connectivity index (χ0) is 18.3. The molecule has 0 aliphatic carbocycles. The summed E-state index contributed by atoms with van der Waals surface area (Å²) in [5, 5.41) is 7.67. The third kappa shape index (κ3) is 3.18. The molecule has 2 heterocycles. The van der Waals surface area contributed by atoms with Crippen molar-refractivity contribution >= 4 is 46.6 Å². The number of aromatic nitrogens is 2. The molecule has 0 amide bonds. The van der Waals surface area contributed by atoms with Crippen LogP contribution in [0.1, 0.15) is 11.5 Å². The lowest BCUT2D eigenvalue weighted by Crippen LogP contribution is -2.40. The maximum atomic E-state index is 13.4. The van der Waals surface area contributed by atoms with Gasteiger partial charge in [-0.15, -0.1) is 12.6 Å². The molecule has 1 fully saturated rings. The Morgan fingerprint density at radius 1 is 1.27 bits per heavy atom. The van der Waals surface area contributed by atoms with Crippen LogP contribution >= 0.6 is 24.2 Å². The zero-order valence-electron chi connectivity index (χ0n) is 13.9. The average Bonchev–Trinajstić information content (AvgIpc) is 2.56. The van der Waals surface area contributed by atoms with Crippen LogP contribution in [0.4, 0.5) is 15.9 Å². The Balaban J connectivity index is 1.83. The number of thiol groups is 1. The molecule has 2 aromatic carbocycles. The number of ether oxygens (including phenoxy) is 1. The van der Waals surface area contributed by atoms with Crippen LogP contribution in [-0.4, -0.2) is 30.2 Å². The summed E-state index contributed by atoms with van der Waals surface area (Å²) in [4.78, 5) is 8.79. The van der Waals surface area contributed by atoms with Gasteiger partial charge in [0.15, 0.2) is 5.16 Å². The van der Waals surface area contributed by atoms with Gasteiger partial charge in [-0.25, -0.2) is 14.4 Å². The summed E-state index contributed by atoms with van der Waals surface area (Å²) < 4.78 is 19.0. The lowest BCUT2D eigenvalue weighted by Gasteiger charge is -2.29. The largest absolute Gasteiger partial charge is 0.496 e. The van der Waals surface area contributed by atoms with Gasteiger partial charge in [-0.3, -0.25) is 0 Å². The highest BCUT2D eigenvalue weighted by molar-refractivity contribution is 7.80. The van der Waals surface area contributed by atoms with Crippen molar-refractivity contribution in [2.45, 2.75) is 11.1 Å². The molecule has 0 spiro atoms. The maximum Gasteiger partial charge on any atom is 0.186 e. The van der Waals surface area contributed by atoms with Gasteiger partial charge in [-0.1, -0.05) is 11.6 Å². The van der Waals surface area contributed by atoms with Gasteiger partial charge < -0.3 is 15.4 Å². The van der Waals surface area contributed by atoms with E-state index in [2.05, 4.69) is 33.2 Å². The predicted octanol–water partition coefficient (Wildman–Crippen LogP) is 4.15. The van der Waals surface area contributed by atoms with E-state index in [0.29, 0.717) is 28.1 Å². The van der Waals surface area contributed by atoms with Crippen LogP contribution in [0.15, 0.2) is 35.5 Å². The van der Waals surface area contributed by atoms with Crippen LogP contribution in [0, 0.1) is 5.82 Å². The van der Waals surface area contributed by atoms with E-state index in [1.165, 1.54) is 12.1 Å². The van der Waals surface area contributed by atoms with E-state index in [4.69, 9.17) is 16.3 Å². The molecular formula is C18H16ClFN4OS. The zero-order valence-corrected chi connectivity index (χ0v) is 15.5. The van der Waals surface area contributed by atoms with E-state index in [1.54, 1.807) is 13.2 Å². The second kappa shape index (κ2) is 6.90. The van der Waals surface area contributed by atoms with Gasteiger partial charge in [-0.2, -0.15) is 0 Å². The van der Waals surface area contributed by atoms with Crippen LogP contribution in [0.5, 0.6) is 5.75 Å². The highest BCUT2D eigenvalue weighted by Gasteiger charge is 2.24. The summed E-state index contributed by atoms with van der Waals surface area (Å²) in [6, 6.07) is 8.37. The van der Waals surface area contributed by atoms with E-state index >= 15 is 0 Å². The van der Waals surface area contributed by atoms with Crippen molar-refractivity contribution in [2.24, 2.45) is 0 Å². The minimum absolute atomic E-state index is 0.0439. The van der Waals surface area contributed by atoms with Crippen molar-refractivity contribution in [3.8, 4) is 5.75 Å². The van der Waals surface area contributed by atoms with Crippen molar-refractivity contribution < 1.29 is 9.13 Å². The Kier molecular flexibility index (Phi) is 4.60. The van der Waals surface area contributed by atoms with Crippen molar-refractivity contribution in [1.82, 2.24) is 15.3 Å². The Morgan fingerprint density at radius 3 is 2.73 bits per heavy atom. The molecule has 0 saturated carbocycles. The average molecular weight is 391 g/mol. The van der Waals surface area contributed by atoms with E-state index < -0.39 is 5.82 Å². The van der Waals surface area contributed by atoms with Crippen LogP contribution in [0.3, 0.4) is 0 Å². The summed E-state index contributed by atoms with van der Waals surface area (Å²) in [7, 11) is 1.65. The third-order valence-electron chi connectivity index (χ3n) is 4.44. The smallest absolute Gasteiger partial charge is 0.186 e. The molecule has 0 bridgehead atoms. The van der Waals surface area contributed by atoms with E-state index in [9.17, 15) is 4.39 Å². The van der Waals surface area contributed by atoms with Crippen LogP contribution < -0.4 is 15.4 Å². The van der Waals surface area contributed by atoms with Crippen LogP contribution in [0.2, 0.25) is 5.02 Å². The molecule has 3 aromatic rings. The number of methoxy groups -OCH3 is 1. The van der Waals surface area contributed by atoms with E-state index in [1.807, 2.05) is 12.1 Å². The number of rotatable bonds is 4. The summed E-state index contributed by atoms with van der Waals surface area (Å²) in [6.07, 6.45) is 0. The highest BCUT2D eigenvalue weighted by Crippen LogP contribution is 2.36. The van der Waals surface area contributed by atoms with Crippen molar-refractivity contribution in [2.75, 3.05) is 25.5 Å². The Hall–Kier alpha value is -2.09. The maximum absolute atomic E-state index is 13.4. The number of fused-ring (bicyclic) bond motifs is 1. The second-order valence-corrected chi connectivity index (χ2v) is 6.90. The number of nitrogens with one attached hydrogen (secondary N) is 2. The first kappa shape index (κ1) is 17.3. The second-order valence-electron chi connectivity index (χ2n) is 6.09. The molecule has 0 unspecified atom stereocenters. The molecule has 2 N–H and O–H groups in total. The molecule has 26 heavy (non-hydrogen) atoms. The Bertz CT molecular complexity index is 997. The van der Waals surface area contributed by atoms with Gasteiger partial charge in [0.2, 0.25) is 0 Å². The van der Waals surface area contributed by atoms with E-state index in [0.717, 1.165) is 29.8 Å². The molecule has 5 nitrogen and oxygen atoms in total. The minimum atomic E-state index is -0.468. The fourth-order valence-corrected chi connectivity index (χ4v) is 3.36. The van der Waals surface area contributed by atoms with E-state index in [-0.39, 0.29) is 5.02 Å². The third-order valence-corrected chi connectivity index (χ3v) is 4.93. The standard InChI is InChI=1S/C18H16ClFN4OS/c1-25-16-6-15-12(5-11(16)9-7-21-8-9)17(24-18(26)23-15)22-10-2-3-14(20)13(19)4-10/h2-6,9,21H,7-8H2,1H3,(H2,22,23,24,26). The van der Waals surface area contributed by atoms with Gasteiger partial charge in [-0.05, 0) is 24.3 Å². The minimum Gasteiger partial charge on any atom is -0.496 e. The summed E-state index contributed by atoms with van der Waals surface area (Å²) in [6.45, 7) is 1.81. The molecule has 0 atom stereocenters. The van der Waals surface area contributed by atoms with Crippen molar-refractivity contribution in [1.29, 1.82) is 0 Å². The quantitative estimate of drug-likeness (QED) is 0.461. The summed E-state index contributed by atoms with van der Waals surface area (Å²) in [5.41, 5.74) is 2.45. The van der Waals surface area contributed by atoms with Crippen LogP contribution in [0.25, 0.3) is 10.9 Å². The molecule has 1 aliphatic rings. The SMILES string of the molecule is COc1cc2nc(S)nc(Nc3ccc(F)c(Cl)c3)c2cc1C1CNC1. The van der Waals surface area contributed by atoms with Gasteiger partial charge in [0.05, 0.1) is 17.6 Å². The first-order valence-electron chi connectivity index (χ1n) is 8.06. The lowest BCUT2D eigenvalue weighted by molar-refractivity contribution is 0.386. The molecule has 1 aromatic heterocycles. The van der Waals surface area contributed by atoms with Crippen LogP contribution in [-0.2, 0) is 0 Å². The van der Waals surface area contributed by atoms with Crippen molar-refractivity contribution in [3.63, 3.8) is 0 Å². The lowest BCUT2D eigenvalue weighted by atomic mass is 9.91. The molecule has 1 aliphatic heterocycles. The Morgan fingerprint density at radius 2 is 2.08 bits per heavy atom. The number of anilines is 2. The number of hydrogen-bond donors (Lipinski definition) is 3. The van der Waals surface area contributed by atoms with Gasteiger partial charge in [0, 0.05) is 41.7 Å². The Labute approximate surface area is 160 Å². The van der Waals surface area contributed by atoms with Gasteiger partial charge in [0.1, 0.15) is 17.4 Å². The van der Waals surface area contributed by atoms with Crippen molar-refractivity contribution in [3.05, 3.63) is 46.7 Å². The molecule has 4 rings (SSSR count). The summed E-state index contributed by atoms with van der Waals surface area (Å²) in [5.74, 6) is 1.30. The number of hydrogen-bond acceptors (Lipinski definition) is 6. The first-order chi connectivity index (χ1) is 12.5. The number of halogens is 2. The van der Waals surface area contributed by atoms with Gasteiger partial charge >= 0.3 is 0 Å². The molecule has 8 heteroatoms. The topological polar surface area (TPSA) is 59.1 Å². The molecule has 134 valence electrons. The highest BCUT2D eigenvalue weighted by atomic mass is 35.5. The molecular weight excluding hydrogens is 375 g/mol. The predicted molar refractivity (Wildman–Crippen MR) is 104 cm³/mol. The van der Waals surface area contributed by atoms with Gasteiger partial charge in [0.25, 0.3) is 0 Å². The summed E-state index contributed by atoms with van der Waals surface area (Å²) >= 11 is 10.2. The molecule has 1 saturated heterocycles. The monoisotopic (exact) mass is 390 g/mol. The first-order valence-corrected chi connectivity index (χ1v) is 8.89. The number of benzene rings is 2. The number of nitrogens with zero attached hydrogens (tertiary/aromatic N) is 2. The molecule has 0 radical (unpaired) electrons. The fourth-order valence-electron chi connectivity index (χ4n) is 2.97. The normalized spacial score (nSPS) is 14.3. The fraction of sp³-hybridized carbons (Fsp3) is 0.222.